The first-order chi connectivity index (χ1) is 12.0. The molecule has 1 aromatic heterocycles. The molecule has 1 fully saturated rings. The Morgan fingerprint density at radius 3 is 2.60 bits per heavy atom. The van der Waals surface area contributed by atoms with E-state index < -0.39 is 0 Å². The second-order valence-electron chi connectivity index (χ2n) is 6.26. The highest BCUT2D eigenvalue weighted by molar-refractivity contribution is 14.1. The van der Waals surface area contributed by atoms with Crippen LogP contribution in [0.25, 0.3) is 10.4 Å². The summed E-state index contributed by atoms with van der Waals surface area (Å²) in [7, 11) is 2.17. The molecule has 1 saturated heterocycles. The first kappa shape index (κ1) is 19.7. The van der Waals surface area contributed by atoms with Gasteiger partial charge in [-0.25, -0.2) is 0 Å². The Bertz CT molecular complexity index is 745. The van der Waals surface area contributed by atoms with E-state index in [1.165, 1.54) is 0 Å². The Kier molecular flexibility index (Phi) is 6.90. The molecule has 2 heterocycles. The molecule has 3 nitrogen and oxygen atoms in total. The third kappa shape index (κ3) is 4.62. The molecule has 0 aliphatic carbocycles. The standard InChI is InChI=1S/C18H21Cl2IN2OS/c1-12-16(18-13(19)3-10-25-18)14(21)11-15(17(12)20)24-9-8-23-6-4-22(2)5-7-23/h3,10-11H,4-9H2,1-2H3. The highest BCUT2D eigenvalue weighted by Gasteiger charge is 2.19. The van der Waals surface area contributed by atoms with Crippen molar-refractivity contribution in [1.82, 2.24) is 9.80 Å². The van der Waals surface area contributed by atoms with E-state index in [0.29, 0.717) is 11.6 Å². The Morgan fingerprint density at radius 2 is 1.96 bits per heavy atom. The Morgan fingerprint density at radius 1 is 1.24 bits per heavy atom. The summed E-state index contributed by atoms with van der Waals surface area (Å²) in [5, 5.41) is 3.45. The summed E-state index contributed by atoms with van der Waals surface area (Å²) >= 11 is 16.9. The van der Waals surface area contributed by atoms with Gasteiger partial charge in [-0.05, 0) is 59.6 Å². The highest BCUT2D eigenvalue weighted by Crippen LogP contribution is 2.43. The van der Waals surface area contributed by atoms with E-state index in [2.05, 4.69) is 39.4 Å². The van der Waals surface area contributed by atoms with Crippen molar-refractivity contribution in [2.75, 3.05) is 46.4 Å². The first-order valence-corrected chi connectivity index (χ1v) is 10.9. The zero-order chi connectivity index (χ0) is 18.0. The van der Waals surface area contributed by atoms with Crippen LogP contribution in [0.1, 0.15) is 5.56 Å². The maximum Gasteiger partial charge on any atom is 0.139 e. The fourth-order valence-corrected chi connectivity index (χ4v) is 5.55. The van der Waals surface area contributed by atoms with Crippen LogP contribution in [0.15, 0.2) is 17.5 Å². The van der Waals surface area contributed by atoms with Gasteiger partial charge in [-0.1, -0.05) is 23.2 Å². The van der Waals surface area contributed by atoms with Crippen molar-refractivity contribution in [3.63, 3.8) is 0 Å². The first-order valence-electron chi connectivity index (χ1n) is 8.23. The third-order valence-electron chi connectivity index (χ3n) is 4.52. The van der Waals surface area contributed by atoms with Crippen molar-refractivity contribution >= 4 is 57.1 Å². The van der Waals surface area contributed by atoms with Gasteiger partial charge < -0.3 is 9.64 Å². The second-order valence-corrected chi connectivity index (χ2v) is 9.13. The van der Waals surface area contributed by atoms with Gasteiger partial charge in [0.05, 0.1) is 14.9 Å². The molecule has 0 bridgehead atoms. The number of ether oxygens (including phenoxy) is 1. The van der Waals surface area contributed by atoms with Crippen LogP contribution in [-0.2, 0) is 0 Å². The molecule has 7 heteroatoms. The van der Waals surface area contributed by atoms with Gasteiger partial charge in [0, 0.05) is 41.9 Å². The zero-order valence-electron chi connectivity index (χ0n) is 14.3. The molecule has 3 rings (SSSR count). The summed E-state index contributed by atoms with van der Waals surface area (Å²) in [6.07, 6.45) is 0. The van der Waals surface area contributed by atoms with Crippen molar-refractivity contribution in [2.24, 2.45) is 0 Å². The predicted octanol–water partition coefficient (Wildman–Crippen LogP) is 5.26. The van der Waals surface area contributed by atoms with Gasteiger partial charge >= 0.3 is 0 Å². The molecular weight excluding hydrogens is 490 g/mol. The number of hydrogen-bond donors (Lipinski definition) is 0. The summed E-state index contributed by atoms with van der Waals surface area (Å²) in [5.74, 6) is 0.758. The minimum absolute atomic E-state index is 0.651. The molecule has 0 amide bonds. The van der Waals surface area contributed by atoms with Crippen LogP contribution in [0.4, 0.5) is 0 Å². The fourth-order valence-electron chi connectivity index (χ4n) is 2.94. The minimum Gasteiger partial charge on any atom is -0.491 e. The van der Waals surface area contributed by atoms with E-state index in [0.717, 1.165) is 63.1 Å². The fraction of sp³-hybridized carbons (Fsp3) is 0.444. The number of nitrogens with zero attached hydrogens (tertiary/aromatic N) is 2. The summed E-state index contributed by atoms with van der Waals surface area (Å²) in [4.78, 5) is 5.86. The lowest BCUT2D eigenvalue weighted by atomic mass is 10.1. The summed E-state index contributed by atoms with van der Waals surface area (Å²) in [6, 6.07) is 3.94. The topological polar surface area (TPSA) is 15.7 Å². The van der Waals surface area contributed by atoms with E-state index >= 15 is 0 Å². The maximum absolute atomic E-state index is 6.59. The van der Waals surface area contributed by atoms with Gasteiger partial charge in [-0.3, -0.25) is 4.90 Å². The van der Waals surface area contributed by atoms with Gasteiger partial charge in [-0.2, -0.15) is 0 Å². The van der Waals surface area contributed by atoms with Crippen LogP contribution < -0.4 is 4.74 Å². The average Bonchev–Trinajstić information content (AvgIpc) is 3.00. The number of rotatable bonds is 5. The van der Waals surface area contributed by atoms with Crippen molar-refractivity contribution < 1.29 is 4.74 Å². The maximum atomic E-state index is 6.59. The molecule has 0 unspecified atom stereocenters. The normalized spacial score (nSPS) is 16.4. The molecule has 0 N–H and O–H groups in total. The number of halogens is 3. The third-order valence-corrected chi connectivity index (χ3v) is 7.20. The molecule has 1 aliphatic rings. The second kappa shape index (κ2) is 8.76. The van der Waals surface area contributed by atoms with E-state index in [1.807, 2.05) is 24.4 Å². The van der Waals surface area contributed by atoms with Crippen LogP contribution in [0.2, 0.25) is 10.0 Å². The molecule has 0 spiro atoms. The SMILES string of the molecule is Cc1c(Cl)c(OCCN2CCN(C)CC2)cc(I)c1-c1sccc1Cl. The number of piperazine rings is 1. The molecule has 1 aliphatic heterocycles. The van der Waals surface area contributed by atoms with Crippen LogP contribution in [0, 0.1) is 10.5 Å². The lowest BCUT2D eigenvalue weighted by Crippen LogP contribution is -2.45. The zero-order valence-corrected chi connectivity index (χ0v) is 18.8. The Balaban J connectivity index is 1.70. The number of likely N-dealkylation sites (N-methyl/N-ethyl adjacent to an activating group) is 1. The van der Waals surface area contributed by atoms with Crippen molar-refractivity contribution in [1.29, 1.82) is 0 Å². The number of thiophene rings is 1. The largest absolute Gasteiger partial charge is 0.491 e. The molecule has 0 saturated carbocycles. The predicted molar refractivity (Wildman–Crippen MR) is 117 cm³/mol. The van der Waals surface area contributed by atoms with Crippen molar-refractivity contribution in [3.8, 4) is 16.2 Å². The van der Waals surface area contributed by atoms with E-state index in [1.54, 1.807) is 11.3 Å². The molecule has 25 heavy (non-hydrogen) atoms. The highest BCUT2D eigenvalue weighted by atomic mass is 127. The monoisotopic (exact) mass is 510 g/mol. The average molecular weight is 511 g/mol. The smallest absolute Gasteiger partial charge is 0.139 e. The Hall–Kier alpha value is -0.0500. The lowest BCUT2D eigenvalue weighted by molar-refractivity contribution is 0.133. The van der Waals surface area contributed by atoms with Crippen molar-refractivity contribution in [2.45, 2.75) is 6.92 Å². The van der Waals surface area contributed by atoms with Gasteiger partial charge in [0.15, 0.2) is 0 Å². The van der Waals surface area contributed by atoms with E-state index in [9.17, 15) is 0 Å². The molecule has 1 aromatic carbocycles. The summed E-state index contributed by atoms with van der Waals surface area (Å²) < 4.78 is 7.12. The molecule has 136 valence electrons. The van der Waals surface area contributed by atoms with Crippen LogP contribution >= 0.6 is 57.1 Å². The van der Waals surface area contributed by atoms with Gasteiger partial charge in [-0.15, -0.1) is 11.3 Å². The van der Waals surface area contributed by atoms with Gasteiger partial charge in [0.1, 0.15) is 12.4 Å². The number of hydrogen-bond acceptors (Lipinski definition) is 4. The molecular formula is C18H21Cl2IN2OS. The summed E-state index contributed by atoms with van der Waals surface area (Å²) in [6.45, 7) is 8.04. The lowest BCUT2D eigenvalue weighted by Gasteiger charge is -2.32. The van der Waals surface area contributed by atoms with Gasteiger partial charge in [0.25, 0.3) is 0 Å². The van der Waals surface area contributed by atoms with Crippen LogP contribution in [0.5, 0.6) is 5.75 Å². The van der Waals surface area contributed by atoms with Crippen LogP contribution in [-0.4, -0.2) is 56.2 Å². The van der Waals surface area contributed by atoms with E-state index in [-0.39, 0.29) is 0 Å². The Labute approximate surface area is 177 Å². The molecule has 0 radical (unpaired) electrons. The summed E-state index contributed by atoms with van der Waals surface area (Å²) in [5.41, 5.74) is 2.13. The number of benzene rings is 1. The van der Waals surface area contributed by atoms with E-state index in [4.69, 9.17) is 27.9 Å². The van der Waals surface area contributed by atoms with Crippen molar-refractivity contribution in [3.05, 3.63) is 36.7 Å². The van der Waals surface area contributed by atoms with Crippen LogP contribution in [0.3, 0.4) is 0 Å². The molecule has 0 atom stereocenters. The minimum atomic E-state index is 0.651. The quantitative estimate of drug-likeness (QED) is 0.510. The molecule has 2 aromatic rings. The van der Waals surface area contributed by atoms with Gasteiger partial charge in [0.2, 0.25) is 0 Å².